The number of carbonyl (C=O) groups is 1. The number of piperidine rings is 1. The summed E-state index contributed by atoms with van der Waals surface area (Å²) in [6.07, 6.45) is 3.61. The van der Waals surface area contributed by atoms with Gasteiger partial charge in [-0.15, -0.1) is 0 Å². The van der Waals surface area contributed by atoms with Gasteiger partial charge in [0.1, 0.15) is 6.29 Å². The molecule has 1 rings (SSSR count). The molecule has 0 bridgehead atoms. The molecule has 0 radical (unpaired) electrons. The summed E-state index contributed by atoms with van der Waals surface area (Å²) in [5, 5.41) is 9.93. The molecule has 1 aliphatic rings. The number of likely N-dealkylation sites (tertiary alicyclic amines) is 1. The highest BCUT2D eigenvalue weighted by atomic mass is 16.3. The second-order valence-corrected chi connectivity index (χ2v) is 3.73. The number of aldehydes is 1. The Morgan fingerprint density at radius 3 is 2.58 bits per heavy atom. The molecular weight excluding hydrogens is 154 g/mol. The van der Waals surface area contributed by atoms with Gasteiger partial charge in [0.25, 0.3) is 0 Å². The van der Waals surface area contributed by atoms with Gasteiger partial charge in [-0.05, 0) is 26.3 Å². The van der Waals surface area contributed by atoms with E-state index in [9.17, 15) is 9.90 Å². The van der Waals surface area contributed by atoms with Gasteiger partial charge in [0.05, 0.1) is 5.60 Å². The maximum absolute atomic E-state index is 10.1. The lowest BCUT2D eigenvalue weighted by atomic mass is 9.87. The number of rotatable bonds is 3. The highest BCUT2D eigenvalue weighted by Crippen LogP contribution is 2.25. The number of nitrogens with zero attached hydrogens (tertiary/aromatic N) is 1. The van der Waals surface area contributed by atoms with Gasteiger partial charge in [-0.2, -0.15) is 0 Å². The first kappa shape index (κ1) is 9.68. The minimum absolute atomic E-state index is 0.486. The van der Waals surface area contributed by atoms with E-state index < -0.39 is 5.60 Å². The van der Waals surface area contributed by atoms with Crippen molar-refractivity contribution >= 4 is 6.29 Å². The summed E-state index contributed by atoms with van der Waals surface area (Å²) in [6, 6.07) is 0. The lowest BCUT2D eigenvalue weighted by molar-refractivity contribution is -0.109. The van der Waals surface area contributed by atoms with E-state index in [1.165, 1.54) is 0 Å². The number of hydrogen-bond donors (Lipinski definition) is 1. The third-order valence-corrected chi connectivity index (χ3v) is 2.65. The van der Waals surface area contributed by atoms with Crippen LogP contribution in [0.25, 0.3) is 0 Å². The maximum Gasteiger partial charge on any atom is 0.120 e. The lowest BCUT2D eigenvalue weighted by Gasteiger charge is -2.36. The zero-order valence-electron chi connectivity index (χ0n) is 7.62. The van der Waals surface area contributed by atoms with E-state index in [2.05, 4.69) is 11.9 Å². The van der Waals surface area contributed by atoms with E-state index in [1.807, 2.05) is 0 Å². The highest BCUT2D eigenvalue weighted by Gasteiger charge is 2.30. The topological polar surface area (TPSA) is 40.5 Å². The normalized spacial score (nSPS) is 23.8. The molecule has 1 N–H and O–H groups in total. The zero-order valence-corrected chi connectivity index (χ0v) is 7.62. The Kier molecular flexibility index (Phi) is 3.23. The summed E-state index contributed by atoms with van der Waals surface area (Å²) >= 11 is 0. The molecule has 1 saturated heterocycles. The molecule has 0 atom stereocenters. The van der Waals surface area contributed by atoms with E-state index in [1.54, 1.807) is 0 Å². The van der Waals surface area contributed by atoms with Crippen molar-refractivity contribution in [1.82, 2.24) is 4.90 Å². The number of hydrogen-bond acceptors (Lipinski definition) is 3. The molecule has 1 aliphatic heterocycles. The summed E-state index contributed by atoms with van der Waals surface area (Å²) in [6.45, 7) is 1.88. The first-order valence-corrected chi connectivity index (χ1v) is 4.51. The van der Waals surface area contributed by atoms with Crippen molar-refractivity contribution in [3.63, 3.8) is 0 Å². The molecule has 0 spiro atoms. The predicted octanol–water partition coefficient (Wildman–Crippen LogP) is 0.422. The minimum atomic E-state index is -0.562. The molecule has 12 heavy (non-hydrogen) atoms. The van der Waals surface area contributed by atoms with Crippen LogP contribution in [0.2, 0.25) is 0 Å². The Morgan fingerprint density at radius 2 is 2.08 bits per heavy atom. The lowest BCUT2D eigenvalue weighted by Crippen LogP contribution is -2.42. The third kappa shape index (κ3) is 2.57. The van der Waals surface area contributed by atoms with Crippen LogP contribution >= 0.6 is 0 Å². The van der Waals surface area contributed by atoms with E-state index in [0.717, 1.165) is 32.2 Å². The van der Waals surface area contributed by atoms with Crippen LogP contribution in [0, 0.1) is 0 Å². The van der Waals surface area contributed by atoms with E-state index in [-0.39, 0.29) is 0 Å². The molecule has 0 saturated carbocycles. The standard InChI is InChI=1S/C9H17NO2/c1-10-6-4-9(12,5-7-10)3-2-8-11/h8,12H,2-7H2,1H3. The van der Waals surface area contributed by atoms with Gasteiger partial charge < -0.3 is 14.8 Å². The van der Waals surface area contributed by atoms with Crippen LogP contribution in [-0.4, -0.2) is 42.0 Å². The molecule has 3 nitrogen and oxygen atoms in total. The molecule has 0 aromatic heterocycles. The Bertz CT molecular complexity index is 151. The Labute approximate surface area is 73.4 Å². The SMILES string of the molecule is CN1CCC(O)(CCC=O)CC1. The van der Waals surface area contributed by atoms with Crippen molar-refractivity contribution in [2.24, 2.45) is 0 Å². The Balaban J connectivity index is 2.33. The summed E-state index contributed by atoms with van der Waals surface area (Å²) in [4.78, 5) is 12.3. The summed E-state index contributed by atoms with van der Waals surface area (Å²) < 4.78 is 0. The van der Waals surface area contributed by atoms with Gasteiger partial charge in [0, 0.05) is 19.5 Å². The van der Waals surface area contributed by atoms with Crippen LogP contribution in [0.3, 0.4) is 0 Å². The van der Waals surface area contributed by atoms with Crippen molar-refractivity contribution in [3.05, 3.63) is 0 Å². The highest BCUT2D eigenvalue weighted by molar-refractivity contribution is 5.49. The van der Waals surface area contributed by atoms with Crippen LogP contribution in [-0.2, 0) is 4.79 Å². The van der Waals surface area contributed by atoms with E-state index in [4.69, 9.17) is 0 Å². The smallest absolute Gasteiger partial charge is 0.120 e. The molecule has 0 amide bonds. The summed E-state index contributed by atoms with van der Waals surface area (Å²) in [7, 11) is 2.05. The van der Waals surface area contributed by atoms with Gasteiger partial charge in [0.2, 0.25) is 0 Å². The first-order valence-electron chi connectivity index (χ1n) is 4.51. The number of carbonyl (C=O) groups excluding carboxylic acids is 1. The van der Waals surface area contributed by atoms with Crippen molar-refractivity contribution in [2.75, 3.05) is 20.1 Å². The van der Waals surface area contributed by atoms with Gasteiger partial charge in [-0.25, -0.2) is 0 Å². The summed E-state index contributed by atoms with van der Waals surface area (Å²) in [5.41, 5.74) is -0.562. The third-order valence-electron chi connectivity index (χ3n) is 2.65. The largest absolute Gasteiger partial charge is 0.390 e. The molecule has 0 aromatic carbocycles. The second-order valence-electron chi connectivity index (χ2n) is 3.73. The van der Waals surface area contributed by atoms with Crippen molar-refractivity contribution in [3.8, 4) is 0 Å². The van der Waals surface area contributed by atoms with E-state index in [0.29, 0.717) is 12.8 Å². The fraction of sp³-hybridized carbons (Fsp3) is 0.889. The molecule has 1 fully saturated rings. The molecule has 1 heterocycles. The molecule has 0 aliphatic carbocycles. The van der Waals surface area contributed by atoms with E-state index >= 15 is 0 Å². The van der Waals surface area contributed by atoms with Gasteiger partial charge in [0.15, 0.2) is 0 Å². The molecule has 3 heteroatoms. The van der Waals surface area contributed by atoms with Crippen LogP contribution in [0.5, 0.6) is 0 Å². The fourth-order valence-electron chi connectivity index (χ4n) is 1.61. The molecular formula is C9H17NO2. The van der Waals surface area contributed by atoms with Gasteiger partial charge in [-0.1, -0.05) is 0 Å². The molecule has 70 valence electrons. The monoisotopic (exact) mass is 171 g/mol. The molecule has 0 unspecified atom stereocenters. The summed E-state index contributed by atoms with van der Waals surface area (Å²) in [5.74, 6) is 0. The molecule has 0 aromatic rings. The van der Waals surface area contributed by atoms with Crippen molar-refractivity contribution < 1.29 is 9.90 Å². The van der Waals surface area contributed by atoms with Gasteiger partial charge >= 0.3 is 0 Å². The maximum atomic E-state index is 10.1. The van der Waals surface area contributed by atoms with Crippen LogP contribution in [0.4, 0.5) is 0 Å². The Hall–Kier alpha value is -0.410. The van der Waals surface area contributed by atoms with Crippen LogP contribution in [0.15, 0.2) is 0 Å². The van der Waals surface area contributed by atoms with Crippen LogP contribution < -0.4 is 0 Å². The average Bonchev–Trinajstić information content (AvgIpc) is 2.08. The van der Waals surface area contributed by atoms with Gasteiger partial charge in [-0.3, -0.25) is 0 Å². The minimum Gasteiger partial charge on any atom is -0.390 e. The van der Waals surface area contributed by atoms with Crippen molar-refractivity contribution in [1.29, 1.82) is 0 Å². The fourth-order valence-corrected chi connectivity index (χ4v) is 1.61. The number of aliphatic hydroxyl groups is 1. The first-order chi connectivity index (χ1) is 5.66. The zero-order chi connectivity index (χ0) is 9.03. The van der Waals surface area contributed by atoms with Crippen molar-refractivity contribution in [2.45, 2.75) is 31.3 Å². The van der Waals surface area contributed by atoms with Crippen LogP contribution in [0.1, 0.15) is 25.7 Å². The second kappa shape index (κ2) is 4.01. The quantitative estimate of drug-likeness (QED) is 0.626. The average molecular weight is 171 g/mol. The Morgan fingerprint density at radius 1 is 1.50 bits per heavy atom. The predicted molar refractivity (Wildman–Crippen MR) is 47.0 cm³/mol.